The van der Waals surface area contributed by atoms with Crippen molar-refractivity contribution < 1.29 is 14.3 Å². The summed E-state index contributed by atoms with van der Waals surface area (Å²) in [4.78, 5) is 15.5. The summed E-state index contributed by atoms with van der Waals surface area (Å²) in [5.74, 6) is -0.0449. The fourth-order valence-corrected chi connectivity index (χ4v) is 1.44. The van der Waals surface area contributed by atoms with Crippen LogP contribution in [0.15, 0.2) is 47.3 Å². The van der Waals surface area contributed by atoms with Crippen LogP contribution in [0.1, 0.15) is 12.5 Å². The minimum atomic E-state index is -0.454. The first-order valence-electron chi connectivity index (χ1n) is 5.45. The molecule has 1 aromatic carbocycles. The van der Waals surface area contributed by atoms with Gasteiger partial charge < -0.3 is 9.47 Å². The molecule has 0 bridgehead atoms. The molecule has 4 nitrogen and oxygen atoms in total. The molecule has 2 rings (SSSR count). The molecule has 0 saturated carbocycles. The summed E-state index contributed by atoms with van der Waals surface area (Å²) in [5, 5.41) is 0. The van der Waals surface area contributed by atoms with Gasteiger partial charge in [0, 0.05) is 6.42 Å². The molecule has 0 N–H and O–H groups in total. The van der Waals surface area contributed by atoms with Gasteiger partial charge in [-0.15, -0.1) is 0 Å². The first-order chi connectivity index (χ1) is 8.29. The zero-order valence-electron chi connectivity index (χ0n) is 9.55. The second-order valence-corrected chi connectivity index (χ2v) is 3.52. The molecule has 0 fully saturated rings. The minimum absolute atomic E-state index is 0.220. The van der Waals surface area contributed by atoms with Gasteiger partial charge in [0.2, 0.25) is 5.90 Å². The fourth-order valence-electron chi connectivity index (χ4n) is 1.44. The van der Waals surface area contributed by atoms with Crippen molar-refractivity contribution in [1.29, 1.82) is 0 Å². The molecule has 0 spiro atoms. The number of carbonyl (C=O) groups excluding carboxylic acids is 1. The molecule has 0 aromatic heterocycles. The lowest BCUT2D eigenvalue weighted by atomic mass is 10.1. The van der Waals surface area contributed by atoms with Gasteiger partial charge in [-0.2, -0.15) is 0 Å². The molecule has 1 aliphatic heterocycles. The number of carbonyl (C=O) groups is 1. The summed E-state index contributed by atoms with van der Waals surface area (Å²) in [6.07, 6.45) is 1.84. The SMILES string of the molecule is CCO/C=C1\N=C(Cc2ccccc2)OC1=O. The third-order valence-electron chi connectivity index (χ3n) is 2.22. The normalized spacial score (nSPS) is 16.9. The topological polar surface area (TPSA) is 47.9 Å². The molecule has 4 heteroatoms. The number of rotatable bonds is 4. The van der Waals surface area contributed by atoms with Crippen molar-refractivity contribution in [3.63, 3.8) is 0 Å². The molecule has 0 aliphatic carbocycles. The van der Waals surface area contributed by atoms with Crippen LogP contribution in [0.5, 0.6) is 0 Å². The number of nitrogens with zero attached hydrogens (tertiary/aromatic N) is 1. The van der Waals surface area contributed by atoms with E-state index in [1.54, 1.807) is 0 Å². The summed E-state index contributed by atoms with van der Waals surface area (Å²) in [7, 11) is 0. The minimum Gasteiger partial charge on any atom is -0.499 e. The Morgan fingerprint density at radius 3 is 2.82 bits per heavy atom. The number of benzene rings is 1. The lowest BCUT2D eigenvalue weighted by Crippen LogP contribution is -2.06. The van der Waals surface area contributed by atoms with Crippen molar-refractivity contribution in [2.24, 2.45) is 4.99 Å². The van der Waals surface area contributed by atoms with Crippen LogP contribution < -0.4 is 0 Å². The van der Waals surface area contributed by atoms with Gasteiger partial charge in [0.25, 0.3) is 0 Å². The second kappa shape index (κ2) is 5.30. The molecule has 1 heterocycles. The van der Waals surface area contributed by atoms with Gasteiger partial charge in [-0.05, 0) is 12.5 Å². The Hall–Kier alpha value is -2.10. The Kier molecular flexibility index (Phi) is 3.55. The highest BCUT2D eigenvalue weighted by Crippen LogP contribution is 2.14. The monoisotopic (exact) mass is 231 g/mol. The summed E-state index contributed by atoms with van der Waals surface area (Å²) < 4.78 is 10.1. The van der Waals surface area contributed by atoms with Crippen LogP contribution >= 0.6 is 0 Å². The molecular formula is C13H13NO3. The Morgan fingerprint density at radius 2 is 2.12 bits per heavy atom. The Bertz CT molecular complexity index is 463. The third kappa shape index (κ3) is 2.93. The zero-order valence-corrected chi connectivity index (χ0v) is 9.55. The number of aliphatic imine (C=N–C) groups is 1. The van der Waals surface area contributed by atoms with Crippen molar-refractivity contribution in [2.45, 2.75) is 13.3 Å². The predicted octanol–water partition coefficient (Wildman–Crippen LogP) is 2.06. The van der Waals surface area contributed by atoms with E-state index in [4.69, 9.17) is 9.47 Å². The standard InChI is InChI=1S/C13H13NO3/c1-2-16-9-11-13(15)17-12(14-11)8-10-6-4-3-5-7-10/h3-7,9H,2,8H2,1H3/b11-9-. The number of ether oxygens (including phenoxy) is 2. The molecule has 0 atom stereocenters. The van der Waals surface area contributed by atoms with E-state index in [0.717, 1.165) is 5.56 Å². The average molecular weight is 231 g/mol. The van der Waals surface area contributed by atoms with E-state index in [1.807, 2.05) is 37.3 Å². The zero-order chi connectivity index (χ0) is 12.1. The highest BCUT2D eigenvalue weighted by atomic mass is 16.6. The second-order valence-electron chi connectivity index (χ2n) is 3.52. The average Bonchev–Trinajstić information content (AvgIpc) is 2.68. The molecular weight excluding hydrogens is 218 g/mol. The van der Waals surface area contributed by atoms with Crippen LogP contribution in [0.2, 0.25) is 0 Å². The Balaban J connectivity index is 2.06. The van der Waals surface area contributed by atoms with E-state index >= 15 is 0 Å². The van der Waals surface area contributed by atoms with E-state index in [-0.39, 0.29) is 5.70 Å². The van der Waals surface area contributed by atoms with Crippen molar-refractivity contribution >= 4 is 11.9 Å². The number of esters is 1. The lowest BCUT2D eigenvalue weighted by molar-refractivity contribution is -0.130. The number of cyclic esters (lactones) is 1. The summed E-state index contributed by atoms with van der Waals surface area (Å²) in [6, 6.07) is 9.72. The molecule has 1 aliphatic rings. The molecule has 0 saturated heterocycles. The number of hydrogen-bond donors (Lipinski definition) is 0. The van der Waals surface area contributed by atoms with Crippen LogP contribution in [-0.4, -0.2) is 18.5 Å². The van der Waals surface area contributed by atoms with E-state index in [9.17, 15) is 4.79 Å². The van der Waals surface area contributed by atoms with Gasteiger partial charge in [-0.1, -0.05) is 30.3 Å². The van der Waals surface area contributed by atoms with E-state index in [2.05, 4.69) is 4.99 Å². The summed E-state index contributed by atoms with van der Waals surface area (Å²) >= 11 is 0. The number of hydrogen-bond acceptors (Lipinski definition) is 4. The van der Waals surface area contributed by atoms with Gasteiger partial charge in [0.1, 0.15) is 6.26 Å². The first-order valence-corrected chi connectivity index (χ1v) is 5.45. The molecule has 17 heavy (non-hydrogen) atoms. The quantitative estimate of drug-likeness (QED) is 0.452. The van der Waals surface area contributed by atoms with Crippen molar-refractivity contribution in [3.05, 3.63) is 47.9 Å². The van der Waals surface area contributed by atoms with Gasteiger partial charge in [0.05, 0.1) is 6.61 Å². The fraction of sp³-hybridized carbons (Fsp3) is 0.231. The Morgan fingerprint density at radius 1 is 1.35 bits per heavy atom. The molecule has 88 valence electrons. The molecule has 0 radical (unpaired) electrons. The summed E-state index contributed by atoms with van der Waals surface area (Å²) in [5.41, 5.74) is 1.27. The Labute approximate surface area is 99.6 Å². The predicted molar refractivity (Wildman–Crippen MR) is 63.4 cm³/mol. The lowest BCUT2D eigenvalue weighted by Gasteiger charge is -1.98. The first kappa shape index (κ1) is 11.4. The highest BCUT2D eigenvalue weighted by Gasteiger charge is 2.23. The van der Waals surface area contributed by atoms with Gasteiger partial charge in [-0.25, -0.2) is 9.79 Å². The van der Waals surface area contributed by atoms with Crippen molar-refractivity contribution in [3.8, 4) is 0 Å². The van der Waals surface area contributed by atoms with E-state index < -0.39 is 5.97 Å². The molecule has 0 unspecified atom stereocenters. The third-order valence-corrected chi connectivity index (χ3v) is 2.22. The smallest absolute Gasteiger partial charge is 0.366 e. The van der Waals surface area contributed by atoms with E-state index in [0.29, 0.717) is 18.9 Å². The maximum Gasteiger partial charge on any atom is 0.366 e. The van der Waals surface area contributed by atoms with Crippen LogP contribution in [0.4, 0.5) is 0 Å². The van der Waals surface area contributed by atoms with Crippen LogP contribution in [-0.2, 0) is 20.7 Å². The van der Waals surface area contributed by atoms with Gasteiger partial charge >= 0.3 is 5.97 Å². The van der Waals surface area contributed by atoms with Crippen molar-refractivity contribution in [2.75, 3.05) is 6.61 Å². The van der Waals surface area contributed by atoms with Crippen LogP contribution in [0, 0.1) is 0 Å². The van der Waals surface area contributed by atoms with Crippen LogP contribution in [0.25, 0.3) is 0 Å². The van der Waals surface area contributed by atoms with Gasteiger partial charge in [-0.3, -0.25) is 0 Å². The largest absolute Gasteiger partial charge is 0.499 e. The maximum absolute atomic E-state index is 11.4. The van der Waals surface area contributed by atoms with E-state index in [1.165, 1.54) is 6.26 Å². The molecule has 0 amide bonds. The maximum atomic E-state index is 11.4. The summed E-state index contributed by atoms with van der Waals surface area (Å²) in [6.45, 7) is 2.34. The van der Waals surface area contributed by atoms with Crippen molar-refractivity contribution in [1.82, 2.24) is 0 Å². The van der Waals surface area contributed by atoms with Gasteiger partial charge in [0.15, 0.2) is 5.70 Å². The molecule has 1 aromatic rings. The van der Waals surface area contributed by atoms with Crippen LogP contribution in [0.3, 0.4) is 0 Å². The highest BCUT2D eigenvalue weighted by molar-refractivity contribution is 6.04.